The van der Waals surface area contributed by atoms with Crippen LogP contribution < -0.4 is 14.8 Å². The Morgan fingerprint density at radius 2 is 1.08 bits per heavy atom. The van der Waals surface area contributed by atoms with E-state index in [1.54, 1.807) is 47.8 Å². The van der Waals surface area contributed by atoms with Crippen LogP contribution in [-0.4, -0.2) is 100 Å². The molecular formula is C61H64F2N6O10S4. The second kappa shape index (κ2) is 26.2. The van der Waals surface area contributed by atoms with Crippen LogP contribution in [-0.2, 0) is 59.9 Å². The molecule has 2 aliphatic rings. The van der Waals surface area contributed by atoms with Gasteiger partial charge in [-0.1, -0.05) is 38.1 Å². The number of amides is 1. The summed E-state index contributed by atoms with van der Waals surface area (Å²) in [6.07, 6.45) is 10.4. The summed E-state index contributed by atoms with van der Waals surface area (Å²) < 4.78 is 97.1. The number of nitrogens with zero attached hydrogens (tertiary/aromatic N) is 5. The molecule has 22 heteroatoms. The van der Waals surface area contributed by atoms with Crippen LogP contribution >= 0.6 is 22.7 Å². The first-order valence-electron chi connectivity index (χ1n) is 27.4. The summed E-state index contributed by atoms with van der Waals surface area (Å²) in [6, 6.07) is 23.4. The van der Waals surface area contributed by atoms with Crippen LogP contribution in [0.25, 0.3) is 41.6 Å². The highest BCUT2D eigenvalue weighted by Gasteiger charge is 2.38. The van der Waals surface area contributed by atoms with Crippen LogP contribution in [0.1, 0.15) is 95.4 Å². The fourth-order valence-electron chi connectivity index (χ4n) is 8.85. The SMILES string of the molecule is CCCN(Cc1ccc(-c2cc3nccc(Oc4ccc(CC(=O)CS(=O)(=O)C5CC5)cc4F)c3s2)nc1)C(=O)OC(C)(C)C.CCCNCc1ccc(-c2cc3nccc(Oc4ccc(CC(=O)CS(=O)(=O)C5CC5)cc4F)c3s2)nc1. The molecule has 436 valence electrons. The molecule has 0 bridgehead atoms. The van der Waals surface area contributed by atoms with Crippen molar-refractivity contribution in [3.8, 4) is 44.1 Å². The molecule has 2 saturated carbocycles. The van der Waals surface area contributed by atoms with E-state index in [9.17, 15) is 35.6 Å². The van der Waals surface area contributed by atoms with E-state index in [4.69, 9.17) is 14.2 Å². The van der Waals surface area contributed by atoms with Crippen LogP contribution in [0.3, 0.4) is 0 Å². The van der Waals surface area contributed by atoms with Crippen molar-refractivity contribution in [2.75, 3.05) is 24.6 Å². The normalized spacial score (nSPS) is 13.6. The van der Waals surface area contributed by atoms with Gasteiger partial charge in [0.15, 0.2) is 54.4 Å². The molecule has 0 atom stereocenters. The van der Waals surface area contributed by atoms with Gasteiger partial charge in [0.05, 0.1) is 58.6 Å². The number of halogens is 2. The lowest BCUT2D eigenvalue weighted by Crippen LogP contribution is -2.36. The molecule has 0 spiro atoms. The molecule has 2 aromatic carbocycles. The number of sulfone groups is 2. The van der Waals surface area contributed by atoms with Crippen molar-refractivity contribution in [1.82, 2.24) is 30.2 Å². The first-order chi connectivity index (χ1) is 39.6. The van der Waals surface area contributed by atoms with Crippen LogP contribution in [0.15, 0.2) is 110 Å². The smallest absolute Gasteiger partial charge is 0.410 e. The summed E-state index contributed by atoms with van der Waals surface area (Å²) in [5.41, 5.74) is 5.10. The quantitative estimate of drug-likeness (QED) is 0.0557. The van der Waals surface area contributed by atoms with E-state index in [-0.39, 0.29) is 30.4 Å². The molecule has 1 amide bonds. The zero-order valence-corrected chi connectivity index (χ0v) is 49.9. The van der Waals surface area contributed by atoms with Gasteiger partial charge in [-0.2, -0.15) is 0 Å². The number of ether oxygens (including phenoxy) is 3. The fourth-order valence-corrected chi connectivity index (χ4v) is 14.2. The molecule has 0 saturated heterocycles. The van der Waals surface area contributed by atoms with Crippen LogP contribution in [0.4, 0.5) is 13.6 Å². The van der Waals surface area contributed by atoms with Crippen LogP contribution in [0.2, 0.25) is 0 Å². The molecule has 6 aromatic heterocycles. The Balaban J connectivity index is 0.000000202. The highest BCUT2D eigenvalue weighted by molar-refractivity contribution is 7.93. The van der Waals surface area contributed by atoms with Gasteiger partial charge in [0.1, 0.15) is 28.6 Å². The lowest BCUT2D eigenvalue weighted by atomic mass is 10.1. The molecule has 8 aromatic rings. The van der Waals surface area contributed by atoms with Gasteiger partial charge in [-0.15, -0.1) is 22.7 Å². The van der Waals surface area contributed by atoms with Crippen molar-refractivity contribution in [3.63, 3.8) is 0 Å². The Labute approximate surface area is 489 Å². The van der Waals surface area contributed by atoms with Crippen LogP contribution in [0.5, 0.6) is 23.0 Å². The molecule has 2 fully saturated rings. The molecule has 16 nitrogen and oxygen atoms in total. The van der Waals surface area contributed by atoms with E-state index in [0.29, 0.717) is 71.6 Å². The minimum Gasteiger partial charge on any atom is -0.453 e. The largest absolute Gasteiger partial charge is 0.453 e. The van der Waals surface area contributed by atoms with Crippen molar-refractivity contribution >= 4 is 80.4 Å². The Morgan fingerprint density at radius 1 is 0.614 bits per heavy atom. The number of hydrogen-bond donors (Lipinski definition) is 1. The zero-order valence-electron chi connectivity index (χ0n) is 46.7. The highest BCUT2D eigenvalue weighted by atomic mass is 32.2. The lowest BCUT2D eigenvalue weighted by molar-refractivity contribution is -0.116. The molecule has 2 aliphatic carbocycles. The molecule has 1 N–H and O–H groups in total. The number of fused-ring (bicyclic) bond motifs is 2. The van der Waals surface area contributed by atoms with E-state index in [0.717, 1.165) is 68.4 Å². The summed E-state index contributed by atoms with van der Waals surface area (Å²) >= 11 is 2.87. The summed E-state index contributed by atoms with van der Waals surface area (Å²) in [5, 5.41) is 2.56. The summed E-state index contributed by atoms with van der Waals surface area (Å²) in [6.45, 7) is 12.3. The maximum atomic E-state index is 15.0. The summed E-state index contributed by atoms with van der Waals surface area (Å²) in [7, 11) is -6.81. The number of rotatable bonds is 24. The van der Waals surface area contributed by atoms with Gasteiger partial charge < -0.3 is 24.4 Å². The number of carbonyl (C=O) groups is 3. The van der Waals surface area contributed by atoms with Gasteiger partial charge in [-0.25, -0.2) is 30.4 Å². The van der Waals surface area contributed by atoms with Crippen molar-refractivity contribution in [3.05, 3.63) is 144 Å². The van der Waals surface area contributed by atoms with E-state index in [2.05, 4.69) is 32.2 Å². The standard InChI is InChI=1S/C33H36FN3O6S2.C28H28FN3O4S2/c1-5-14-37(32(39)43-33(2,3)4)19-22-6-10-26(36-18-22)30-17-27-31(44-30)29(12-13-35-27)42-28-11-7-21(16-25(28)34)15-23(38)20-45(40,41)24-8-9-24;1-2-10-30-15-19-3-7-23(32-16-19)27-14-24-28(37-27)26(9-11-31-24)36-25-8-4-18(13-22(25)29)12-20(33)17-38(34,35)21-5-6-21/h6-7,10-13,16-18,24H,5,8-9,14-15,19-20H2,1-4H3;3-4,7-9,11,13-14,16,21,30H,2,5-6,10,12,15,17H2,1H3. The average Bonchev–Trinajstić information content (AvgIpc) is 4.43. The van der Waals surface area contributed by atoms with Crippen molar-refractivity contribution < 1.29 is 54.2 Å². The van der Waals surface area contributed by atoms with E-state index in [1.807, 2.05) is 70.3 Å². The van der Waals surface area contributed by atoms with Gasteiger partial charge in [0, 0.05) is 62.9 Å². The Kier molecular flexibility index (Phi) is 19.1. The number of benzene rings is 2. The maximum absolute atomic E-state index is 15.0. The number of ketones is 2. The number of thiophene rings is 2. The van der Waals surface area contributed by atoms with E-state index < -0.39 is 70.5 Å². The molecule has 6 heterocycles. The Hall–Kier alpha value is -7.11. The lowest BCUT2D eigenvalue weighted by Gasteiger charge is -2.27. The third kappa shape index (κ3) is 16.4. The number of hydrogen-bond acceptors (Lipinski definition) is 17. The predicted octanol–water partition coefficient (Wildman–Crippen LogP) is 12.6. The van der Waals surface area contributed by atoms with E-state index in [1.165, 1.54) is 46.9 Å². The number of pyridine rings is 4. The van der Waals surface area contributed by atoms with Crippen LogP contribution in [0, 0.1) is 11.6 Å². The first kappa shape index (κ1) is 60.5. The minimum absolute atomic E-state index is 0.0105. The van der Waals surface area contributed by atoms with E-state index >= 15 is 4.39 Å². The molecule has 10 rings (SSSR count). The fraction of sp³-hybridized carbons (Fsp3) is 0.361. The second-order valence-corrected chi connectivity index (χ2v) is 28.3. The number of nitrogens with one attached hydrogen (secondary N) is 1. The Bertz CT molecular complexity index is 3880. The summed E-state index contributed by atoms with van der Waals surface area (Å²) in [4.78, 5) is 58.7. The predicted molar refractivity (Wildman–Crippen MR) is 319 cm³/mol. The van der Waals surface area contributed by atoms with Gasteiger partial charge in [-0.3, -0.25) is 29.5 Å². The third-order valence-corrected chi connectivity index (χ3v) is 20.0. The minimum atomic E-state index is -3.42. The van der Waals surface area contributed by atoms with Gasteiger partial charge >= 0.3 is 6.09 Å². The Morgan fingerprint density at radius 3 is 1.49 bits per heavy atom. The molecule has 83 heavy (non-hydrogen) atoms. The number of Topliss-reactive ketones (excluding diaryl/α,β-unsaturated/α-hetero) is 2. The molecular weight excluding hydrogens is 1140 g/mol. The van der Waals surface area contributed by atoms with Crippen molar-refractivity contribution in [2.45, 2.75) is 115 Å². The zero-order chi connectivity index (χ0) is 59.1. The van der Waals surface area contributed by atoms with Gasteiger partial charge in [0.25, 0.3) is 0 Å². The average molecular weight is 1210 g/mol. The van der Waals surface area contributed by atoms with Crippen molar-refractivity contribution in [2.24, 2.45) is 0 Å². The maximum Gasteiger partial charge on any atom is 0.410 e. The molecule has 0 unspecified atom stereocenters. The topological polar surface area (TPSA) is 214 Å². The third-order valence-electron chi connectivity index (χ3n) is 13.2. The molecule has 0 radical (unpaired) electrons. The number of carbonyl (C=O) groups excluding carboxylic acids is 3. The first-order valence-corrected chi connectivity index (χ1v) is 32.5. The monoisotopic (exact) mass is 1210 g/mol. The van der Waals surface area contributed by atoms with Gasteiger partial charge in [0.2, 0.25) is 0 Å². The second-order valence-electron chi connectivity index (χ2n) is 21.6. The van der Waals surface area contributed by atoms with Gasteiger partial charge in [-0.05, 0) is 137 Å². The van der Waals surface area contributed by atoms with Crippen molar-refractivity contribution in [1.29, 1.82) is 0 Å². The molecule has 0 aliphatic heterocycles. The number of aromatic nitrogens is 4. The highest BCUT2D eigenvalue weighted by Crippen LogP contribution is 2.41. The summed E-state index contributed by atoms with van der Waals surface area (Å²) in [5.74, 6) is -2.34.